The molecule has 0 aliphatic carbocycles. The van der Waals surface area contributed by atoms with Crippen molar-refractivity contribution < 1.29 is 14.4 Å². The van der Waals surface area contributed by atoms with Crippen LogP contribution in [0, 0.1) is 0 Å². The monoisotopic (exact) mass is 366 g/mol. The van der Waals surface area contributed by atoms with Gasteiger partial charge in [0.05, 0.1) is 18.9 Å². The van der Waals surface area contributed by atoms with E-state index < -0.39 is 0 Å². The summed E-state index contributed by atoms with van der Waals surface area (Å²) in [6.45, 7) is 7.45. The van der Waals surface area contributed by atoms with Crippen LogP contribution in [-0.2, 0) is 11.2 Å². The third-order valence-electron chi connectivity index (χ3n) is 5.05. The molecule has 1 aliphatic rings. The second-order valence-electron chi connectivity index (χ2n) is 6.86. The largest absolute Gasteiger partial charge is 0.370 e. The lowest BCUT2D eigenvalue weighted by atomic mass is 10.0. The molecule has 1 atom stereocenters. The van der Waals surface area contributed by atoms with Crippen LogP contribution in [0.2, 0.25) is 0 Å². The van der Waals surface area contributed by atoms with E-state index in [2.05, 4.69) is 29.6 Å². The van der Waals surface area contributed by atoms with Crippen molar-refractivity contribution >= 4 is 11.6 Å². The molecule has 0 saturated carbocycles. The van der Waals surface area contributed by atoms with Gasteiger partial charge in [-0.15, -0.1) is 0 Å². The predicted molar refractivity (Wildman–Crippen MR) is 107 cm³/mol. The van der Waals surface area contributed by atoms with Crippen molar-refractivity contribution in [2.75, 3.05) is 26.3 Å². The van der Waals surface area contributed by atoms with Crippen LogP contribution >= 0.6 is 0 Å². The van der Waals surface area contributed by atoms with Gasteiger partial charge < -0.3 is 9.64 Å². The van der Waals surface area contributed by atoms with Crippen LogP contribution in [0.5, 0.6) is 0 Å². The van der Waals surface area contributed by atoms with Gasteiger partial charge in [-0.1, -0.05) is 49.4 Å². The molecule has 142 valence electrons. The average Bonchev–Trinajstić information content (AvgIpc) is 2.74. The van der Waals surface area contributed by atoms with Gasteiger partial charge in [0, 0.05) is 11.1 Å². The number of hydrogen-bond acceptors (Lipinski definition) is 3. The zero-order valence-corrected chi connectivity index (χ0v) is 16.1. The molecule has 27 heavy (non-hydrogen) atoms. The number of carbonyl (C=O) groups excluding carboxylic acids is 1. The van der Waals surface area contributed by atoms with Gasteiger partial charge >= 0.3 is 0 Å². The van der Waals surface area contributed by atoms with E-state index in [0.717, 1.165) is 38.4 Å². The first-order chi connectivity index (χ1) is 13.2. The quantitative estimate of drug-likeness (QED) is 0.607. The summed E-state index contributed by atoms with van der Waals surface area (Å²) in [5.74, 6) is -0.180. The Kier molecular flexibility index (Phi) is 6.74. The van der Waals surface area contributed by atoms with Gasteiger partial charge in [-0.3, -0.25) is 4.79 Å². The predicted octanol–water partition coefficient (Wildman–Crippen LogP) is 2.01. The molecule has 0 unspecified atom stereocenters. The minimum atomic E-state index is -0.180. The van der Waals surface area contributed by atoms with Crippen LogP contribution in [0.4, 0.5) is 0 Å². The first-order valence-electron chi connectivity index (χ1n) is 9.59. The Morgan fingerprint density at radius 3 is 2.41 bits per heavy atom. The van der Waals surface area contributed by atoms with E-state index in [1.165, 1.54) is 16.0 Å². The Hall–Kier alpha value is -2.50. The second-order valence-corrected chi connectivity index (χ2v) is 6.86. The van der Waals surface area contributed by atoms with Crippen molar-refractivity contribution in [2.45, 2.75) is 26.3 Å². The van der Waals surface area contributed by atoms with Crippen molar-refractivity contribution in [1.82, 2.24) is 5.43 Å². The normalized spacial score (nSPS) is 16.7. The average molecular weight is 366 g/mol. The molecular formula is C22H28N3O2+. The van der Waals surface area contributed by atoms with Gasteiger partial charge in [-0.25, -0.2) is 5.43 Å². The zero-order valence-electron chi connectivity index (χ0n) is 16.1. The highest BCUT2D eigenvalue weighted by Gasteiger charge is 2.29. The molecule has 0 aromatic heterocycles. The van der Waals surface area contributed by atoms with E-state index in [1.54, 1.807) is 0 Å². The Balaban J connectivity index is 1.75. The number of nitrogens with zero attached hydrogens (tertiary/aromatic N) is 1. The maximum absolute atomic E-state index is 12.4. The lowest BCUT2D eigenvalue weighted by Gasteiger charge is -2.31. The van der Waals surface area contributed by atoms with E-state index in [0.29, 0.717) is 5.56 Å². The first kappa shape index (κ1) is 19.3. The summed E-state index contributed by atoms with van der Waals surface area (Å²) in [4.78, 5) is 13.9. The molecule has 0 radical (unpaired) electrons. The molecule has 2 aromatic rings. The van der Waals surface area contributed by atoms with E-state index in [-0.39, 0.29) is 11.9 Å². The summed E-state index contributed by atoms with van der Waals surface area (Å²) < 4.78 is 5.51. The fraction of sp³-hybridized carbons (Fsp3) is 0.364. The zero-order chi connectivity index (χ0) is 19.1. The van der Waals surface area contributed by atoms with Crippen molar-refractivity contribution in [3.63, 3.8) is 0 Å². The molecule has 1 amide bonds. The number of benzene rings is 2. The van der Waals surface area contributed by atoms with Crippen LogP contribution in [0.15, 0.2) is 59.7 Å². The Labute approximate surface area is 161 Å². The molecule has 1 aliphatic heterocycles. The highest BCUT2D eigenvalue weighted by molar-refractivity contribution is 5.95. The van der Waals surface area contributed by atoms with Crippen molar-refractivity contribution in [1.29, 1.82) is 0 Å². The highest BCUT2D eigenvalue weighted by atomic mass is 16.5. The van der Waals surface area contributed by atoms with Gasteiger partial charge in [0.15, 0.2) is 6.04 Å². The van der Waals surface area contributed by atoms with E-state index >= 15 is 0 Å². The van der Waals surface area contributed by atoms with Crippen LogP contribution in [0.3, 0.4) is 0 Å². The maximum atomic E-state index is 12.4. The van der Waals surface area contributed by atoms with Crippen LogP contribution in [0.1, 0.15) is 41.4 Å². The molecular weight excluding hydrogens is 338 g/mol. The lowest BCUT2D eigenvalue weighted by Crippen LogP contribution is -3.15. The number of hydrazone groups is 1. The number of hydrogen-bond donors (Lipinski definition) is 2. The summed E-state index contributed by atoms with van der Waals surface area (Å²) in [5, 5.41) is 4.45. The van der Waals surface area contributed by atoms with Crippen molar-refractivity contribution in [2.24, 2.45) is 5.10 Å². The number of nitrogens with one attached hydrogen (secondary N) is 2. The van der Waals surface area contributed by atoms with Crippen molar-refractivity contribution in [3.05, 3.63) is 71.3 Å². The molecule has 1 heterocycles. The summed E-state index contributed by atoms with van der Waals surface area (Å²) in [7, 11) is 0. The number of amides is 1. The molecule has 2 N–H and O–H groups in total. The summed E-state index contributed by atoms with van der Waals surface area (Å²) >= 11 is 0. The minimum Gasteiger partial charge on any atom is -0.370 e. The molecule has 5 nitrogen and oxygen atoms in total. The number of morpholine rings is 1. The van der Waals surface area contributed by atoms with Crippen molar-refractivity contribution in [3.8, 4) is 0 Å². The number of rotatable bonds is 6. The first-order valence-corrected chi connectivity index (χ1v) is 9.59. The van der Waals surface area contributed by atoms with Crippen LogP contribution in [-0.4, -0.2) is 37.9 Å². The van der Waals surface area contributed by atoms with Gasteiger partial charge in [0.1, 0.15) is 13.1 Å². The fourth-order valence-corrected chi connectivity index (χ4v) is 3.50. The van der Waals surface area contributed by atoms with Crippen LogP contribution in [0.25, 0.3) is 0 Å². The molecule has 0 bridgehead atoms. The van der Waals surface area contributed by atoms with E-state index in [9.17, 15) is 4.79 Å². The summed E-state index contributed by atoms with van der Waals surface area (Å²) in [6, 6.07) is 18.1. The number of aryl methyl sites for hydroxylation is 1. The van der Waals surface area contributed by atoms with Crippen LogP contribution < -0.4 is 10.3 Å². The van der Waals surface area contributed by atoms with Gasteiger partial charge in [-0.2, -0.15) is 5.10 Å². The molecule has 2 aromatic carbocycles. The molecule has 3 rings (SSSR count). The maximum Gasteiger partial charge on any atom is 0.271 e. The van der Waals surface area contributed by atoms with Gasteiger partial charge in [-0.05, 0) is 31.0 Å². The third kappa shape index (κ3) is 5.02. The number of quaternary nitrogens is 1. The molecule has 1 fully saturated rings. The summed E-state index contributed by atoms with van der Waals surface area (Å²) in [6.07, 6.45) is 0.959. The summed E-state index contributed by atoms with van der Waals surface area (Å²) in [5.41, 5.74) is 6.67. The smallest absolute Gasteiger partial charge is 0.271 e. The minimum absolute atomic E-state index is 0.109. The topological polar surface area (TPSA) is 55.1 Å². The molecule has 1 saturated heterocycles. The number of carbonyl (C=O) groups is 1. The van der Waals surface area contributed by atoms with E-state index in [4.69, 9.17) is 4.74 Å². The second kappa shape index (κ2) is 9.44. The third-order valence-corrected chi connectivity index (χ3v) is 5.05. The Morgan fingerprint density at radius 1 is 1.11 bits per heavy atom. The SMILES string of the molecule is CCc1ccc(C(=O)N/N=C(/C)[C@H](c2ccccc2)[NH+]2CCOCC2)cc1. The Bertz CT molecular complexity index is 766. The van der Waals surface area contributed by atoms with E-state index in [1.807, 2.05) is 49.4 Å². The standard InChI is InChI=1S/C22H27N3O2/c1-3-18-9-11-20(12-10-18)22(26)24-23-17(2)21(19-7-5-4-6-8-19)25-13-15-27-16-14-25/h4-12,21H,3,13-16H2,1-2H3,(H,24,26)/p+1/b23-17-/t21-/m1/s1. The lowest BCUT2D eigenvalue weighted by molar-refractivity contribution is -0.928. The van der Waals surface area contributed by atoms with Gasteiger partial charge in [0.2, 0.25) is 0 Å². The molecule has 0 spiro atoms. The number of ether oxygens (including phenoxy) is 1. The highest BCUT2D eigenvalue weighted by Crippen LogP contribution is 2.12. The molecule has 5 heteroatoms. The fourth-order valence-electron chi connectivity index (χ4n) is 3.50. The van der Waals surface area contributed by atoms with Gasteiger partial charge in [0.25, 0.3) is 5.91 Å². The Morgan fingerprint density at radius 2 is 1.78 bits per heavy atom.